The van der Waals surface area contributed by atoms with E-state index in [1.165, 1.54) is 5.56 Å². The molecule has 0 saturated carbocycles. The highest BCUT2D eigenvalue weighted by atomic mass is 16.5. The normalized spacial score (nSPS) is 14.2. The van der Waals surface area contributed by atoms with E-state index in [4.69, 9.17) is 9.47 Å². The molecule has 1 aromatic carbocycles. The van der Waals surface area contributed by atoms with E-state index in [9.17, 15) is 0 Å². The summed E-state index contributed by atoms with van der Waals surface area (Å²) in [5.74, 6) is 1.86. The highest BCUT2D eigenvalue weighted by Crippen LogP contribution is 2.23. The zero-order valence-corrected chi connectivity index (χ0v) is 16.0. The van der Waals surface area contributed by atoms with E-state index in [1.807, 2.05) is 36.7 Å². The summed E-state index contributed by atoms with van der Waals surface area (Å²) in [6.07, 6.45) is 3.75. The highest BCUT2D eigenvalue weighted by molar-refractivity contribution is 5.63. The number of nitrogens with one attached hydrogen (secondary N) is 2. The van der Waals surface area contributed by atoms with Gasteiger partial charge in [0.25, 0.3) is 0 Å². The van der Waals surface area contributed by atoms with Gasteiger partial charge in [-0.05, 0) is 42.0 Å². The number of methoxy groups -OCH3 is 1. The van der Waals surface area contributed by atoms with Crippen LogP contribution in [0.4, 0.5) is 5.82 Å². The quantitative estimate of drug-likeness (QED) is 0.657. The number of aromatic amines is 1. The smallest absolute Gasteiger partial charge is 0.128 e. The maximum atomic E-state index is 5.42. The minimum Gasteiger partial charge on any atom is -0.497 e. The fourth-order valence-corrected chi connectivity index (χ4v) is 3.33. The first-order valence-electron chi connectivity index (χ1n) is 9.48. The third kappa shape index (κ3) is 4.32. The molecule has 2 N–H and O–H groups in total. The van der Waals surface area contributed by atoms with Crippen molar-refractivity contribution in [1.82, 2.24) is 20.5 Å². The van der Waals surface area contributed by atoms with Crippen LogP contribution >= 0.6 is 0 Å². The van der Waals surface area contributed by atoms with Crippen LogP contribution in [0.3, 0.4) is 0 Å². The summed E-state index contributed by atoms with van der Waals surface area (Å²) >= 11 is 0. The van der Waals surface area contributed by atoms with E-state index in [-0.39, 0.29) is 0 Å². The van der Waals surface area contributed by atoms with Gasteiger partial charge in [0.2, 0.25) is 0 Å². The van der Waals surface area contributed by atoms with Crippen molar-refractivity contribution in [2.75, 3.05) is 38.3 Å². The first kappa shape index (κ1) is 18.5. The Morgan fingerprint density at radius 3 is 2.75 bits per heavy atom. The maximum Gasteiger partial charge on any atom is 0.128 e. The van der Waals surface area contributed by atoms with Gasteiger partial charge in [-0.1, -0.05) is 0 Å². The van der Waals surface area contributed by atoms with E-state index in [0.29, 0.717) is 0 Å². The highest BCUT2D eigenvalue weighted by Gasteiger charge is 2.13. The van der Waals surface area contributed by atoms with Crippen molar-refractivity contribution in [2.24, 2.45) is 0 Å². The van der Waals surface area contributed by atoms with E-state index in [2.05, 4.69) is 37.5 Å². The molecule has 7 nitrogen and oxygen atoms in total. The summed E-state index contributed by atoms with van der Waals surface area (Å²) in [6, 6.07) is 12.2. The molecular weight excluding hydrogens is 354 g/mol. The van der Waals surface area contributed by atoms with Gasteiger partial charge in [0.15, 0.2) is 0 Å². The van der Waals surface area contributed by atoms with Crippen molar-refractivity contribution < 1.29 is 9.47 Å². The number of H-pyrrole nitrogens is 1. The average Bonchev–Trinajstić information content (AvgIpc) is 3.23. The molecule has 2 aromatic heterocycles. The SMILES string of the molecule is COc1ccc(-c2[nH]ncc2CNCc2ccnc(N3CCOCC3)c2)cc1. The molecule has 0 radical (unpaired) electrons. The van der Waals surface area contributed by atoms with E-state index in [0.717, 1.165) is 67.8 Å². The summed E-state index contributed by atoms with van der Waals surface area (Å²) in [4.78, 5) is 6.77. The van der Waals surface area contributed by atoms with Crippen LogP contribution in [-0.4, -0.2) is 48.6 Å². The Labute approximate surface area is 164 Å². The Bertz CT molecular complexity index is 888. The molecule has 0 bridgehead atoms. The topological polar surface area (TPSA) is 75.3 Å². The second kappa shape index (κ2) is 8.86. The number of pyridine rings is 1. The van der Waals surface area contributed by atoms with E-state index in [1.54, 1.807) is 7.11 Å². The Kier molecular flexibility index (Phi) is 5.84. The minimum absolute atomic E-state index is 0.729. The van der Waals surface area contributed by atoms with Crippen LogP contribution in [0.1, 0.15) is 11.1 Å². The van der Waals surface area contributed by atoms with E-state index < -0.39 is 0 Å². The minimum atomic E-state index is 0.729. The molecular formula is C21H25N5O2. The van der Waals surface area contributed by atoms with Crippen LogP contribution in [0, 0.1) is 0 Å². The van der Waals surface area contributed by atoms with Crippen molar-refractivity contribution in [2.45, 2.75) is 13.1 Å². The molecule has 1 aliphatic rings. The van der Waals surface area contributed by atoms with Gasteiger partial charge < -0.3 is 19.7 Å². The zero-order chi connectivity index (χ0) is 19.2. The summed E-state index contributed by atoms with van der Waals surface area (Å²) in [6.45, 7) is 4.81. The number of benzene rings is 1. The van der Waals surface area contributed by atoms with Gasteiger partial charge in [-0.25, -0.2) is 4.98 Å². The van der Waals surface area contributed by atoms with Gasteiger partial charge in [-0.15, -0.1) is 0 Å². The number of rotatable bonds is 7. The molecule has 3 heterocycles. The molecule has 0 aliphatic carbocycles. The van der Waals surface area contributed by atoms with Gasteiger partial charge in [0.05, 0.1) is 32.2 Å². The third-order valence-electron chi connectivity index (χ3n) is 4.89. The van der Waals surface area contributed by atoms with Gasteiger partial charge in [0.1, 0.15) is 11.6 Å². The summed E-state index contributed by atoms with van der Waals surface area (Å²) in [5.41, 5.74) is 4.46. The predicted molar refractivity (Wildman–Crippen MR) is 108 cm³/mol. The first-order valence-corrected chi connectivity index (χ1v) is 9.48. The lowest BCUT2D eigenvalue weighted by Gasteiger charge is -2.28. The molecule has 1 saturated heterocycles. The Morgan fingerprint density at radius 2 is 1.96 bits per heavy atom. The molecule has 1 aliphatic heterocycles. The average molecular weight is 379 g/mol. The van der Waals surface area contributed by atoms with Gasteiger partial charge in [-0.2, -0.15) is 5.10 Å². The van der Waals surface area contributed by atoms with Crippen LogP contribution in [0.5, 0.6) is 5.75 Å². The van der Waals surface area contributed by atoms with Crippen molar-refractivity contribution in [1.29, 1.82) is 0 Å². The van der Waals surface area contributed by atoms with Gasteiger partial charge >= 0.3 is 0 Å². The predicted octanol–water partition coefficient (Wildman–Crippen LogP) is 2.61. The number of aromatic nitrogens is 3. The number of ether oxygens (including phenoxy) is 2. The molecule has 1 fully saturated rings. The van der Waals surface area contributed by atoms with Crippen molar-refractivity contribution in [3.8, 4) is 17.0 Å². The lowest BCUT2D eigenvalue weighted by Crippen LogP contribution is -2.36. The van der Waals surface area contributed by atoms with E-state index >= 15 is 0 Å². The number of anilines is 1. The molecule has 0 atom stereocenters. The molecule has 7 heteroatoms. The molecule has 0 spiro atoms. The van der Waals surface area contributed by atoms with Crippen molar-refractivity contribution >= 4 is 5.82 Å². The lowest BCUT2D eigenvalue weighted by atomic mass is 10.1. The van der Waals surface area contributed by atoms with Crippen LogP contribution in [0.15, 0.2) is 48.8 Å². The van der Waals surface area contributed by atoms with Crippen LogP contribution in [-0.2, 0) is 17.8 Å². The monoisotopic (exact) mass is 379 g/mol. The Hall–Kier alpha value is -2.90. The zero-order valence-electron chi connectivity index (χ0n) is 16.0. The Balaban J connectivity index is 1.37. The summed E-state index contributed by atoms with van der Waals surface area (Å²) in [5, 5.41) is 10.8. The van der Waals surface area contributed by atoms with Crippen LogP contribution < -0.4 is 15.0 Å². The number of nitrogens with zero attached hydrogens (tertiary/aromatic N) is 3. The second-order valence-corrected chi connectivity index (χ2v) is 6.72. The lowest BCUT2D eigenvalue weighted by molar-refractivity contribution is 0.122. The van der Waals surface area contributed by atoms with Crippen LogP contribution in [0.25, 0.3) is 11.3 Å². The maximum absolute atomic E-state index is 5.42. The molecule has 3 aromatic rings. The number of hydrogen-bond acceptors (Lipinski definition) is 6. The molecule has 28 heavy (non-hydrogen) atoms. The summed E-state index contributed by atoms with van der Waals surface area (Å²) < 4.78 is 10.7. The standard InChI is InChI=1S/C21H25N5O2/c1-27-19-4-2-17(3-5-19)21-18(15-24-25-21)14-22-13-16-6-7-23-20(12-16)26-8-10-28-11-9-26/h2-7,12,15,22H,8-11,13-14H2,1H3,(H,24,25). The van der Waals surface area contributed by atoms with Crippen LogP contribution in [0.2, 0.25) is 0 Å². The fraction of sp³-hybridized carbons (Fsp3) is 0.333. The third-order valence-corrected chi connectivity index (χ3v) is 4.89. The fourth-order valence-electron chi connectivity index (χ4n) is 3.33. The summed E-state index contributed by atoms with van der Waals surface area (Å²) in [7, 11) is 1.67. The first-order chi connectivity index (χ1) is 13.8. The van der Waals surface area contributed by atoms with Crippen molar-refractivity contribution in [3.63, 3.8) is 0 Å². The molecule has 146 valence electrons. The van der Waals surface area contributed by atoms with Crippen molar-refractivity contribution in [3.05, 3.63) is 59.9 Å². The number of morpholine rings is 1. The molecule has 0 unspecified atom stereocenters. The van der Waals surface area contributed by atoms with Gasteiger partial charge in [-0.3, -0.25) is 5.10 Å². The largest absolute Gasteiger partial charge is 0.497 e. The molecule has 4 rings (SSSR count). The number of hydrogen-bond donors (Lipinski definition) is 2. The van der Waals surface area contributed by atoms with Gasteiger partial charge in [0, 0.05) is 43.5 Å². The molecule has 0 amide bonds. The Morgan fingerprint density at radius 1 is 1.14 bits per heavy atom. The second-order valence-electron chi connectivity index (χ2n) is 6.72.